The van der Waals surface area contributed by atoms with Crippen LogP contribution in [-0.4, -0.2) is 5.97 Å². The zero-order valence-electron chi connectivity index (χ0n) is 9.73. The summed E-state index contributed by atoms with van der Waals surface area (Å²) in [7, 11) is 0. The van der Waals surface area contributed by atoms with Crippen molar-refractivity contribution < 1.29 is 9.53 Å². The summed E-state index contributed by atoms with van der Waals surface area (Å²) in [6.07, 6.45) is 0. The fourth-order valence-electron chi connectivity index (χ4n) is 1.26. The summed E-state index contributed by atoms with van der Waals surface area (Å²) in [6, 6.07) is 10.8. The van der Waals surface area contributed by atoms with Crippen LogP contribution >= 0.6 is 0 Å². The first-order chi connectivity index (χ1) is 7.45. The molecule has 0 N–H and O–H groups in total. The molecule has 0 heterocycles. The molecular formula is C13H15NO2. The van der Waals surface area contributed by atoms with E-state index in [4.69, 9.17) is 10.00 Å². The fourth-order valence-corrected chi connectivity index (χ4v) is 1.26. The Morgan fingerprint density at radius 2 is 1.88 bits per heavy atom. The van der Waals surface area contributed by atoms with E-state index in [1.807, 2.05) is 32.9 Å². The van der Waals surface area contributed by atoms with Gasteiger partial charge in [-0.2, -0.15) is 5.26 Å². The molecule has 0 aromatic heterocycles. The number of esters is 1. The van der Waals surface area contributed by atoms with Gasteiger partial charge in [0.2, 0.25) is 0 Å². The van der Waals surface area contributed by atoms with Gasteiger partial charge in [0, 0.05) is 0 Å². The predicted octanol–water partition coefficient (Wildman–Crippen LogP) is 2.78. The highest BCUT2D eigenvalue weighted by molar-refractivity contribution is 5.78. The standard InChI is InChI=1S/C13H15NO2/c1-13(2,3)11(9-14)12(15)16-10-7-5-4-6-8-10/h4-8,11H,1-3H3. The monoisotopic (exact) mass is 217 g/mol. The molecule has 0 fully saturated rings. The highest BCUT2D eigenvalue weighted by Crippen LogP contribution is 2.27. The summed E-state index contributed by atoms with van der Waals surface area (Å²) < 4.78 is 5.13. The molecule has 0 bridgehead atoms. The number of ether oxygens (including phenoxy) is 1. The first-order valence-electron chi connectivity index (χ1n) is 5.11. The van der Waals surface area contributed by atoms with E-state index in [-0.39, 0.29) is 0 Å². The molecule has 16 heavy (non-hydrogen) atoms. The third kappa shape index (κ3) is 3.09. The summed E-state index contributed by atoms with van der Waals surface area (Å²) in [5, 5.41) is 8.96. The predicted molar refractivity (Wildman–Crippen MR) is 60.6 cm³/mol. The molecule has 1 atom stereocenters. The molecule has 84 valence electrons. The van der Waals surface area contributed by atoms with E-state index in [1.165, 1.54) is 0 Å². The quantitative estimate of drug-likeness (QED) is 0.565. The molecule has 1 rings (SSSR count). The molecule has 1 aromatic rings. The largest absolute Gasteiger partial charge is 0.426 e. The van der Waals surface area contributed by atoms with Gasteiger partial charge in [0.25, 0.3) is 0 Å². The number of carbonyl (C=O) groups excluding carboxylic acids is 1. The maximum absolute atomic E-state index is 11.7. The number of hydrogen-bond donors (Lipinski definition) is 0. The second-order valence-corrected chi connectivity index (χ2v) is 4.66. The Balaban J connectivity index is 2.77. The van der Waals surface area contributed by atoms with Crippen LogP contribution in [0.4, 0.5) is 0 Å². The molecule has 0 aliphatic heterocycles. The SMILES string of the molecule is CC(C)(C)C(C#N)C(=O)Oc1ccccc1. The Hall–Kier alpha value is -1.82. The summed E-state index contributed by atoms with van der Waals surface area (Å²) >= 11 is 0. The van der Waals surface area contributed by atoms with Crippen molar-refractivity contribution in [3.8, 4) is 11.8 Å². The maximum Gasteiger partial charge on any atom is 0.329 e. The average Bonchev–Trinajstić information content (AvgIpc) is 2.17. The Labute approximate surface area is 95.7 Å². The van der Waals surface area contributed by atoms with Crippen molar-refractivity contribution in [3.63, 3.8) is 0 Å². The molecule has 1 unspecified atom stereocenters. The lowest BCUT2D eigenvalue weighted by molar-refractivity contribution is -0.139. The van der Waals surface area contributed by atoms with Crippen LogP contribution in [0.15, 0.2) is 30.3 Å². The lowest BCUT2D eigenvalue weighted by Crippen LogP contribution is -2.30. The average molecular weight is 217 g/mol. The van der Waals surface area contributed by atoms with Gasteiger partial charge in [-0.25, -0.2) is 0 Å². The Kier molecular flexibility index (Phi) is 3.68. The van der Waals surface area contributed by atoms with Crippen molar-refractivity contribution in [2.24, 2.45) is 11.3 Å². The third-order valence-corrected chi connectivity index (χ3v) is 2.19. The van der Waals surface area contributed by atoms with Gasteiger partial charge in [-0.15, -0.1) is 0 Å². The number of rotatable bonds is 2. The molecular weight excluding hydrogens is 202 g/mol. The van der Waals surface area contributed by atoms with Crippen molar-refractivity contribution >= 4 is 5.97 Å². The van der Waals surface area contributed by atoms with Crippen LogP contribution in [0.3, 0.4) is 0 Å². The van der Waals surface area contributed by atoms with E-state index in [0.717, 1.165) is 0 Å². The van der Waals surface area contributed by atoms with Crippen LogP contribution in [0.5, 0.6) is 5.75 Å². The first kappa shape index (κ1) is 12.3. The van der Waals surface area contributed by atoms with Crippen LogP contribution in [-0.2, 0) is 4.79 Å². The minimum Gasteiger partial charge on any atom is -0.426 e. The van der Waals surface area contributed by atoms with Gasteiger partial charge in [0.05, 0.1) is 6.07 Å². The van der Waals surface area contributed by atoms with Crippen LogP contribution in [0.1, 0.15) is 20.8 Å². The molecule has 0 amide bonds. The zero-order valence-corrected chi connectivity index (χ0v) is 9.73. The van der Waals surface area contributed by atoms with Crippen molar-refractivity contribution in [1.29, 1.82) is 5.26 Å². The molecule has 0 aliphatic carbocycles. The van der Waals surface area contributed by atoms with Crippen molar-refractivity contribution in [2.45, 2.75) is 20.8 Å². The van der Waals surface area contributed by atoms with Gasteiger partial charge in [0.15, 0.2) is 0 Å². The van der Waals surface area contributed by atoms with Crippen LogP contribution in [0.25, 0.3) is 0 Å². The van der Waals surface area contributed by atoms with Crippen LogP contribution in [0, 0.1) is 22.7 Å². The molecule has 0 radical (unpaired) electrons. The summed E-state index contributed by atoms with van der Waals surface area (Å²) in [6.45, 7) is 5.52. The van der Waals surface area contributed by atoms with Gasteiger partial charge in [-0.1, -0.05) is 39.0 Å². The Morgan fingerprint density at radius 1 is 1.31 bits per heavy atom. The first-order valence-corrected chi connectivity index (χ1v) is 5.11. The molecule has 0 spiro atoms. The topological polar surface area (TPSA) is 50.1 Å². The van der Waals surface area contributed by atoms with E-state index in [2.05, 4.69) is 0 Å². The summed E-state index contributed by atoms with van der Waals surface area (Å²) in [5.41, 5.74) is -0.416. The highest BCUT2D eigenvalue weighted by Gasteiger charge is 2.32. The van der Waals surface area contributed by atoms with Crippen molar-refractivity contribution in [3.05, 3.63) is 30.3 Å². The molecule has 0 aliphatic rings. The lowest BCUT2D eigenvalue weighted by atomic mass is 9.82. The molecule has 0 saturated carbocycles. The molecule has 3 heteroatoms. The van der Waals surface area contributed by atoms with Crippen LogP contribution in [0.2, 0.25) is 0 Å². The highest BCUT2D eigenvalue weighted by atomic mass is 16.5. The van der Waals surface area contributed by atoms with Gasteiger partial charge >= 0.3 is 5.97 Å². The van der Waals surface area contributed by atoms with Gasteiger partial charge < -0.3 is 4.74 Å². The summed E-state index contributed by atoms with van der Waals surface area (Å²) in [4.78, 5) is 11.7. The third-order valence-electron chi connectivity index (χ3n) is 2.19. The normalized spacial score (nSPS) is 12.6. The summed E-state index contributed by atoms with van der Waals surface area (Å²) in [5.74, 6) is -0.786. The Morgan fingerprint density at radius 3 is 2.31 bits per heavy atom. The number of benzene rings is 1. The van der Waals surface area contributed by atoms with Gasteiger partial charge in [-0.3, -0.25) is 4.79 Å². The number of hydrogen-bond acceptors (Lipinski definition) is 3. The lowest BCUT2D eigenvalue weighted by Gasteiger charge is -2.22. The second kappa shape index (κ2) is 4.80. The number of para-hydroxylation sites is 1. The smallest absolute Gasteiger partial charge is 0.329 e. The zero-order chi connectivity index (χ0) is 12.2. The Bertz CT molecular complexity index is 398. The molecule has 0 saturated heterocycles. The second-order valence-electron chi connectivity index (χ2n) is 4.66. The molecule has 1 aromatic carbocycles. The number of nitrogens with zero attached hydrogens (tertiary/aromatic N) is 1. The van der Waals surface area contributed by atoms with E-state index in [0.29, 0.717) is 5.75 Å². The van der Waals surface area contributed by atoms with E-state index in [1.54, 1.807) is 24.3 Å². The van der Waals surface area contributed by atoms with E-state index < -0.39 is 17.3 Å². The minimum absolute atomic E-state index is 0.416. The van der Waals surface area contributed by atoms with Crippen molar-refractivity contribution in [1.82, 2.24) is 0 Å². The van der Waals surface area contributed by atoms with E-state index in [9.17, 15) is 4.79 Å². The van der Waals surface area contributed by atoms with Gasteiger partial charge in [0.1, 0.15) is 11.7 Å². The maximum atomic E-state index is 11.7. The minimum atomic E-state index is -0.757. The van der Waals surface area contributed by atoms with E-state index >= 15 is 0 Å². The van der Waals surface area contributed by atoms with Gasteiger partial charge in [-0.05, 0) is 17.5 Å². The fraction of sp³-hybridized carbons (Fsp3) is 0.385. The number of nitriles is 1. The molecule has 3 nitrogen and oxygen atoms in total. The number of carbonyl (C=O) groups is 1. The van der Waals surface area contributed by atoms with Crippen LogP contribution < -0.4 is 4.74 Å². The van der Waals surface area contributed by atoms with Crippen molar-refractivity contribution in [2.75, 3.05) is 0 Å².